The summed E-state index contributed by atoms with van der Waals surface area (Å²) in [4.78, 5) is 25.5. The van der Waals surface area contributed by atoms with E-state index in [4.69, 9.17) is 11.6 Å². The minimum Gasteiger partial charge on any atom is -0.324 e. The van der Waals surface area contributed by atoms with Gasteiger partial charge in [0.15, 0.2) is 0 Å². The van der Waals surface area contributed by atoms with E-state index in [9.17, 15) is 9.59 Å². The smallest absolute Gasteiger partial charge is 0.324 e. The van der Waals surface area contributed by atoms with Gasteiger partial charge in [0.1, 0.15) is 10.7 Å². The molecule has 1 aromatic carbocycles. The van der Waals surface area contributed by atoms with Crippen molar-refractivity contribution in [2.24, 2.45) is 0 Å². The third-order valence-electron chi connectivity index (χ3n) is 3.88. The Labute approximate surface area is 139 Å². The van der Waals surface area contributed by atoms with Crippen LogP contribution in [0.4, 0.5) is 4.79 Å². The first kappa shape index (κ1) is 15.6. The van der Waals surface area contributed by atoms with E-state index in [1.54, 1.807) is 18.5 Å². The summed E-state index contributed by atoms with van der Waals surface area (Å²) < 4.78 is 1.61. The van der Waals surface area contributed by atoms with Gasteiger partial charge in [-0.3, -0.25) is 9.69 Å². The van der Waals surface area contributed by atoms with Crippen LogP contribution in [-0.4, -0.2) is 32.2 Å². The Bertz CT molecular complexity index is 783. The number of rotatable bonds is 3. The standard InChI is InChI=1S/C16H17ClN4O2/c1-10-12(9-20-14(22)16(2,3)18-15(20)23)13(17)21(19-10)11-7-5-4-6-8-11/h4-8H,9H2,1-3H3,(H,18,23). The number of benzene rings is 1. The van der Waals surface area contributed by atoms with Gasteiger partial charge >= 0.3 is 6.03 Å². The first-order valence-electron chi connectivity index (χ1n) is 7.25. The number of aromatic nitrogens is 2. The van der Waals surface area contributed by atoms with Crippen LogP contribution in [0.15, 0.2) is 30.3 Å². The Kier molecular flexibility index (Phi) is 3.64. The fraction of sp³-hybridized carbons (Fsp3) is 0.312. The molecule has 0 saturated carbocycles. The number of para-hydroxylation sites is 1. The van der Waals surface area contributed by atoms with E-state index in [1.807, 2.05) is 37.3 Å². The SMILES string of the molecule is Cc1nn(-c2ccccc2)c(Cl)c1CN1C(=O)NC(C)(C)C1=O. The average Bonchev–Trinajstić information content (AvgIpc) is 2.89. The molecule has 1 saturated heterocycles. The number of imide groups is 1. The number of hydrogen-bond donors (Lipinski definition) is 1. The fourth-order valence-corrected chi connectivity index (χ4v) is 2.90. The largest absolute Gasteiger partial charge is 0.325 e. The van der Waals surface area contributed by atoms with E-state index in [0.717, 1.165) is 5.69 Å². The molecule has 6 nitrogen and oxygen atoms in total. The highest BCUT2D eigenvalue weighted by Gasteiger charge is 2.44. The third kappa shape index (κ3) is 2.59. The molecule has 2 heterocycles. The van der Waals surface area contributed by atoms with Crippen LogP contribution in [0.5, 0.6) is 0 Å². The van der Waals surface area contributed by atoms with Crippen molar-refractivity contribution >= 4 is 23.5 Å². The molecule has 0 atom stereocenters. The maximum Gasteiger partial charge on any atom is 0.325 e. The van der Waals surface area contributed by atoms with Gasteiger partial charge < -0.3 is 5.32 Å². The van der Waals surface area contributed by atoms with Crippen LogP contribution >= 0.6 is 11.6 Å². The Morgan fingerprint density at radius 1 is 1.22 bits per heavy atom. The van der Waals surface area contributed by atoms with Gasteiger partial charge in [0.2, 0.25) is 0 Å². The van der Waals surface area contributed by atoms with Crippen LogP contribution < -0.4 is 5.32 Å². The Morgan fingerprint density at radius 3 is 2.43 bits per heavy atom. The minimum absolute atomic E-state index is 0.103. The van der Waals surface area contributed by atoms with Gasteiger partial charge in [-0.25, -0.2) is 9.48 Å². The Morgan fingerprint density at radius 2 is 1.87 bits per heavy atom. The van der Waals surface area contributed by atoms with E-state index in [0.29, 0.717) is 16.4 Å². The molecule has 7 heteroatoms. The molecule has 0 aliphatic carbocycles. The zero-order valence-electron chi connectivity index (χ0n) is 13.1. The number of carbonyl (C=O) groups is 2. The van der Waals surface area contributed by atoms with Gasteiger partial charge in [-0.1, -0.05) is 29.8 Å². The van der Waals surface area contributed by atoms with Crippen LogP contribution in [0.1, 0.15) is 25.1 Å². The maximum absolute atomic E-state index is 12.3. The van der Waals surface area contributed by atoms with E-state index in [1.165, 1.54) is 4.90 Å². The van der Waals surface area contributed by atoms with Gasteiger partial charge in [0.25, 0.3) is 5.91 Å². The average molecular weight is 333 g/mol. The summed E-state index contributed by atoms with van der Waals surface area (Å²) >= 11 is 6.44. The molecule has 1 fully saturated rings. The van der Waals surface area contributed by atoms with Crippen molar-refractivity contribution < 1.29 is 9.59 Å². The normalized spacial score (nSPS) is 16.8. The van der Waals surface area contributed by atoms with Crippen molar-refractivity contribution in [3.63, 3.8) is 0 Å². The van der Waals surface area contributed by atoms with Crippen molar-refractivity contribution in [1.82, 2.24) is 20.0 Å². The topological polar surface area (TPSA) is 67.2 Å². The molecule has 1 aliphatic heterocycles. The van der Waals surface area contributed by atoms with Crippen LogP contribution in [0.2, 0.25) is 5.15 Å². The summed E-state index contributed by atoms with van der Waals surface area (Å²) in [6.45, 7) is 5.26. The van der Waals surface area contributed by atoms with Gasteiger partial charge in [0, 0.05) is 5.56 Å². The van der Waals surface area contributed by atoms with Crippen LogP contribution in [0.25, 0.3) is 5.69 Å². The number of amides is 3. The molecular formula is C16H17ClN4O2. The van der Waals surface area contributed by atoms with E-state index >= 15 is 0 Å². The van der Waals surface area contributed by atoms with Crippen molar-refractivity contribution in [3.05, 3.63) is 46.7 Å². The van der Waals surface area contributed by atoms with Gasteiger partial charge in [-0.2, -0.15) is 5.10 Å². The van der Waals surface area contributed by atoms with Gasteiger partial charge in [0.05, 0.1) is 17.9 Å². The molecule has 0 radical (unpaired) electrons. The molecule has 23 heavy (non-hydrogen) atoms. The highest BCUT2D eigenvalue weighted by molar-refractivity contribution is 6.30. The number of carbonyl (C=O) groups excluding carboxylic acids is 2. The van der Waals surface area contributed by atoms with E-state index < -0.39 is 11.6 Å². The molecule has 0 unspecified atom stereocenters. The maximum atomic E-state index is 12.3. The molecule has 1 aliphatic rings. The second-order valence-corrected chi connectivity index (χ2v) is 6.41. The summed E-state index contributed by atoms with van der Waals surface area (Å²) in [5.74, 6) is -0.273. The highest BCUT2D eigenvalue weighted by atomic mass is 35.5. The van der Waals surface area contributed by atoms with Crippen LogP contribution in [-0.2, 0) is 11.3 Å². The predicted octanol–water partition coefficient (Wildman–Crippen LogP) is 2.66. The Hall–Kier alpha value is -2.34. The number of nitrogens with zero attached hydrogens (tertiary/aromatic N) is 3. The van der Waals surface area contributed by atoms with Crippen molar-refractivity contribution in [2.75, 3.05) is 0 Å². The summed E-state index contributed by atoms with van der Waals surface area (Å²) in [5.41, 5.74) is 1.28. The zero-order valence-corrected chi connectivity index (χ0v) is 13.9. The fourth-order valence-electron chi connectivity index (χ4n) is 2.57. The number of urea groups is 1. The second-order valence-electron chi connectivity index (χ2n) is 6.05. The van der Waals surface area contributed by atoms with Crippen molar-refractivity contribution in [3.8, 4) is 5.69 Å². The van der Waals surface area contributed by atoms with Crippen molar-refractivity contribution in [2.45, 2.75) is 32.9 Å². The molecule has 3 amide bonds. The molecule has 0 spiro atoms. The molecule has 0 bridgehead atoms. The van der Waals surface area contributed by atoms with E-state index in [2.05, 4.69) is 10.4 Å². The van der Waals surface area contributed by atoms with E-state index in [-0.39, 0.29) is 12.5 Å². The first-order chi connectivity index (χ1) is 10.8. The number of aryl methyl sites for hydroxylation is 1. The lowest BCUT2D eigenvalue weighted by atomic mass is 10.1. The van der Waals surface area contributed by atoms with Crippen LogP contribution in [0.3, 0.4) is 0 Å². The monoisotopic (exact) mass is 332 g/mol. The Balaban J connectivity index is 1.95. The van der Waals surface area contributed by atoms with Gasteiger partial charge in [-0.15, -0.1) is 0 Å². The summed E-state index contributed by atoms with van der Waals surface area (Å²) in [7, 11) is 0. The lowest BCUT2D eigenvalue weighted by Crippen LogP contribution is -2.40. The first-order valence-corrected chi connectivity index (χ1v) is 7.62. The number of hydrogen-bond acceptors (Lipinski definition) is 3. The molecular weight excluding hydrogens is 316 g/mol. The summed E-state index contributed by atoms with van der Waals surface area (Å²) in [5, 5.41) is 7.48. The minimum atomic E-state index is -0.896. The molecule has 3 rings (SSSR count). The lowest BCUT2D eigenvalue weighted by Gasteiger charge is -2.15. The summed E-state index contributed by atoms with van der Waals surface area (Å²) in [6, 6.07) is 9.05. The molecule has 1 N–H and O–H groups in total. The van der Waals surface area contributed by atoms with Crippen LogP contribution in [0, 0.1) is 6.92 Å². The third-order valence-corrected chi connectivity index (χ3v) is 4.27. The quantitative estimate of drug-likeness (QED) is 0.879. The number of halogens is 1. The molecule has 1 aromatic heterocycles. The number of nitrogens with one attached hydrogen (secondary N) is 1. The summed E-state index contributed by atoms with van der Waals surface area (Å²) in [6.07, 6.45) is 0. The highest BCUT2D eigenvalue weighted by Crippen LogP contribution is 2.27. The second kappa shape index (κ2) is 5.38. The van der Waals surface area contributed by atoms with Crippen molar-refractivity contribution in [1.29, 1.82) is 0 Å². The van der Waals surface area contributed by atoms with Gasteiger partial charge in [-0.05, 0) is 32.9 Å². The predicted molar refractivity (Wildman–Crippen MR) is 86.5 cm³/mol. The molecule has 2 aromatic rings. The molecule has 120 valence electrons. The zero-order chi connectivity index (χ0) is 16.8. The lowest BCUT2D eigenvalue weighted by molar-refractivity contribution is -0.130.